The summed E-state index contributed by atoms with van der Waals surface area (Å²) in [5.74, 6) is 0.0287. The molecule has 7 nitrogen and oxygen atoms in total. The Bertz CT molecular complexity index is 400. The normalized spacial score (nSPS) is 29.1. The van der Waals surface area contributed by atoms with Crippen molar-refractivity contribution in [2.45, 2.75) is 31.6 Å². The van der Waals surface area contributed by atoms with E-state index in [1.807, 2.05) is 6.92 Å². The van der Waals surface area contributed by atoms with E-state index in [1.54, 1.807) is 0 Å². The van der Waals surface area contributed by atoms with Gasteiger partial charge in [0.1, 0.15) is 0 Å². The van der Waals surface area contributed by atoms with Crippen molar-refractivity contribution in [2.24, 2.45) is 11.7 Å². The van der Waals surface area contributed by atoms with Crippen molar-refractivity contribution < 1.29 is 18.5 Å². The lowest BCUT2D eigenvalue weighted by atomic mass is 9.79. The highest BCUT2D eigenvalue weighted by Crippen LogP contribution is 2.31. The third kappa shape index (κ3) is 4.14. The van der Waals surface area contributed by atoms with Crippen molar-refractivity contribution >= 4 is 17.3 Å². The molecule has 0 saturated carbocycles. The summed E-state index contributed by atoms with van der Waals surface area (Å²) in [5.41, 5.74) is 5.60. The maximum absolute atomic E-state index is 12.1. The summed E-state index contributed by atoms with van der Waals surface area (Å²) in [6.45, 7) is 2.52. The van der Waals surface area contributed by atoms with Crippen LogP contribution in [0.3, 0.4) is 0 Å². The van der Waals surface area contributed by atoms with Gasteiger partial charge in [0, 0.05) is 32.7 Å². The van der Waals surface area contributed by atoms with Gasteiger partial charge in [0.15, 0.2) is 0 Å². The van der Waals surface area contributed by atoms with Crippen molar-refractivity contribution in [3.63, 3.8) is 0 Å². The molecule has 0 amide bonds. The average molecular weight is 293 g/mol. The number of rotatable bonds is 6. The summed E-state index contributed by atoms with van der Waals surface area (Å²) in [6, 6.07) is 0. The van der Waals surface area contributed by atoms with Crippen LogP contribution in [0.2, 0.25) is 6.32 Å². The van der Waals surface area contributed by atoms with Crippen LogP contribution in [0.25, 0.3) is 0 Å². The van der Waals surface area contributed by atoms with Crippen molar-refractivity contribution in [3.05, 3.63) is 0 Å². The van der Waals surface area contributed by atoms with Gasteiger partial charge >= 0.3 is 7.12 Å². The molecule has 1 aliphatic rings. The quantitative estimate of drug-likeness (QED) is 0.527. The van der Waals surface area contributed by atoms with Crippen molar-refractivity contribution in [1.29, 1.82) is 0 Å². The molecule has 9 heteroatoms. The zero-order chi connectivity index (χ0) is 14.8. The summed E-state index contributed by atoms with van der Waals surface area (Å²) >= 11 is 0. The molecular weight excluding hydrogens is 269 g/mol. The van der Waals surface area contributed by atoms with E-state index in [0.29, 0.717) is 25.9 Å². The molecule has 1 saturated heterocycles. The molecular formula is C10H24BN3O4S. The minimum atomic E-state index is -3.43. The molecule has 0 radical (unpaired) electrons. The van der Waals surface area contributed by atoms with Crippen LogP contribution in [0.1, 0.15) is 19.8 Å². The van der Waals surface area contributed by atoms with Crippen LogP contribution in [0.15, 0.2) is 0 Å². The molecule has 19 heavy (non-hydrogen) atoms. The fourth-order valence-corrected chi connectivity index (χ4v) is 3.67. The van der Waals surface area contributed by atoms with Gasteiger partial charge in [-0.25, -0.2) is 0 Å². The Balaban J connectivity index is 2.66. The fraction of sp³-hybridized carbons (Fsp3) is 1.00. The van der Waals surface area contributed by atoms with Gasteiger partial charge in [0.2, 0.25) is 0 Å². The predicted molar refractivity (Wildman–Crippen MR) is 74.5 cm³/mol. The predicted octanol–water partition coefficient (Wildman–Crippen LogP) is -1.30. The summed E-state index contributed by atoms with van der Waals surface area (Å²) in [5, 5.41) is 17.6. The van der Waals surface area contributed by atoms with Crippen LogP contribution in [0.5, 0.6) is 0 Å². The van der Waals surface area contributed by atoms with E-state index < -0.39 is 22.9 Å². The lowest BCUT2D eigenvalue weighted by Gasteiger charge is -2.25. The lowest BCUT2D eigenvalue weighted by Crippen LogP contribution is -2.46. The summed E-state index contributed by atoms with van der Waals surface area (Å²) in [7, 11) is -1.75. The van der Waals surface area contributed by atoms with Gasteiger partial charge in [-0.15, -0.1) is 0 Å². The first-order chi connectivity index (χ1) is 8.57. The standard InChI is InChI=1S/C10H24BN3O4S/c1-10(12)8-14(19(17,18)13(2)3)7-9(10)5-4-6-11(15)16/h9,15-16H,4-8,12H2,1-3H3/t9-,10-/m0/s1. The number of nitrogens with two attached hydrogens (primary N) is 1. The van der Waals surface area contributed by atoms with Crippen LogP contribution in [-0.2, 0) is 10.2 Å². The van der Waals surface area contributed by atoms with Gasteiger partial charge < -0.3 is 15.8 Å². The van der Waals surface area contributed by atoms with Crippen LogP contribution in [-0.4, -0.2) is 66.9 Å². The molecule has 0 spiro atoms. The highest BCUT2D eigenvalue weighted by Gasteiger charge is 2.44. The molecule has 0 bridgehead atoms. The second-order valence-corrected chi connectivity index (χ2v) is 7.84. The monoisotopic (exact) mass is 293 g/mol. The smallest absolute Gasteiger partial charge is 0.427 e. The molecule has 4 N–H and O–H groups in total. The molecule has 1 fully saturated rings. The zero-order valence-electron chi connectivity index (χ0n) is 11.8. The van der Waals surface area contributed by atoms with Gasteiger partial charge in [0.05, 0.1) is 0 Å². The van der Waals surface area contributed by atoms with Gasteiger partial charge in [-0.2, -0.15) is 17.0 Å². The molecule has 0 aromatic rings. The minimum Gasteiger partial charge on any atom is -0.427 e. The van der Waals surface area contributed by atoms with Crippen LogP contribution < -0.4 is 5.73 Å². The maximum Gasteiger partial charge on any atom is 0.451 e. The van der Waals surface area contributed by atoms with E-state index in [0.717, 1.165) is 0 Å². The third-order valence-electron chi connectivity index (χ3n) is 3.68. The average Bonchev–Trinajstić information content (AvgIpc) is 2.54. The fourth-order valence-electron chi connectivity index (χ4n) is 2.40. The SMILES string of the molecule is CN(C)S(=O)(=O)N1C[C@H](CCCB(O)O)[C@@](C)(N)C1. The molecule has 112 valence electrons. The van der Waals surface area contributed by atoms with E-state index in [4.69, 9.17) is 15.8 Å². The number of hydrogen-bond donors (Lipinski definition) is 3. The van der Waals surface area contributed by atoms with Gasteiger partial charge in [-0.1, -0.05) is 6.42 Å². The molecule has 0 unspecified atom stereocenters. The van der Waals surface area contributed by atoms with Gasteiger partial charge in [0.25, 0.3) is 10.2 Å². The lowest BCUT2D eigenvalue weighted by molar-refractivity contribution is 0.343. The van der Waals surface area contributed by atoms with Gasteiger partial charge in [-0.3, -0.25) is 0 Å². The van der Waals surface area contributed by atoms with Gasteiger partial charge in [-0.05, 0) is 25.6 Å². The first-order valence-corrected chi connectivity index (χ1v) is 7.79. The largest absolute Gasteiger partial charge is 0.451 e. The summed E-state index contributed by atoms with van der Waals surface area (Å²) < 4.78 is 26.7. The molecule has 1 aliphatic heterocycles. The Morgan fingerprint density at radius 2 is 2.05 bits per heavy atom. The summed E-state index contributed by atoms with van der Waals surface area (Å²) in [4.78, 5) is 0. The zero-order valence-corrected chi connectivity index (χ0v) is 12.6. The van der Waals surface area contributed by atoms with E-state index in [1.165, 1.54) is 22.7 Å². The topological polar surface area (TPSA) is 107 Å². The maximum atomic E-state index is 12.1. The molecule has 0 aliphatic carbocycles. The Kier molecular flexibility index (Phi) is 5.39. The third-order valence-corrected chi connectivity index (χ3v) is 5.53. The number of hydrogen-bond acceptors (Lipinski definition) is 5. The van der Waals surface area contributed by atoms with E-state index in [9.17, 15) is 8.42 Å². The van der Waals surface area contributed by atoms with Crippen LogP contribution >= 0.6 is 0 Å². The molecule has 1 rings (SSSR count). The first kappa shape index (κ1) is 16.9. The van der Waals surface area contributed by atoms with E-state index in [2.05, 4.69) is 0 Å². The minimum absolute atomic E-state index is 0.0287. The van der Waals surface area contributed by atoms with Crippen molar-refractivity contribution in [1.82, 2.24) is 8.61 Å². The Morgan fingerprint density at radius 1 is 1.47 bits per heavy atom. The van der Waals surface area contributed by atoms with Crippen molar-refractivity contribution in [3.8, 4) is 0 Å². The highest BCUT2D eigenvalue weighted by atomic mass is 32.2. The highest BCUT2D eigenvalue weighted by molar-refractivity contribution is 7.86. The second-order valence-electron chi connectivity index (χ2n) is 5.70. The van der Waals surface area contributed by atoms with E-state index in [-0.39, 0.29) is 12.2 Å². The Hall–Kier alpha value is -0.185. The molecule has 1 heterocycles. The Morgan fingerprint density at radius 3 is 2.53 bits per heavy atom. The number of nitrogens with zero attached hydrogens (tertiary/aromatic N) is 2. The molecule has 2 atom stereocenters. The van der Waals surface area contributed by atoms with E-state index >= 15 is 0 Å². The first-order valence-electron chi connectivity index (χ1n) is 6.40. The van der Waals surface area contributed by atoms with Crippen LogP contribution in [0.4, 0.5) is 0 Å². The van der Waals surface area contributed by atoms with Crippen LogP contribution in [0, 0.1) is 5.92 Å². The Labute approximate surface area is 115 Å². The van der Waals surface area contributed by atoms with Crippen molar-refractivity contribution in [2.75, 3.05) is 27.2 Å². The summed E-state index contributed by atoms with van der Waals surface area (Å²) in [6.07, 6.45) is 1.59. The molecule has 0 aromatic heterocycles. The second kappa shape index (κ2) is 6.07. The molecule has 0 aromatic carbocycles.